The second-order valence-electron chi connectivity index (χ2n) is 2.99. The molecule has 0 aromatic carbocycles. The van der Waals surface area contributed by atoms with Gasteiger partial charge in [-0.2, -0.15) is 12.6 Å². The third-order valence-corrected chi connectivity index (χ3v) is 2.18. The highest BCUT2D eigenvalue weighted by atomic mass is 35.5. The first kappa shape index (κ1) is 12.6. The number of ether oxygens (including phenoxy) is 1. The molecule has 0 radical (unpaired) electrons. The molecule has 1 aromatic heterocycles. The summed E-state index contributed by atoms with van der Waals surface area (Å²) in [5, 5.41) is 3.86. The maximum absolute atomic E-state index is 5.69. The number of hydrogen-bond acceptors (Lipinski definition) is 4. The summed E-state index contributed by atoms with van der Waals surface area (Å²) in [6.45, 7) is 2.53. The predicted octanol–water partition coefficient (Wildman–Crippen LogP) is 2.02. The first-order chi connectivity index (χ1) is 7.33. The standard InChI is InChI=1S/C10H15ClN2OS/c11-9-2-3-10(13-8-9)14-6-1-4-12-5-7-15/h2-3,8,12,15H,1,4-7H2. The van der Waals surface area contributed by atoms with Crippen molar-refractivity contribution in [1.29, 1.82) is 0 Å². The van der Waals surface area contributed by atoms with Gasteiger partial charge in [-0.3, -0.25) is 0 Å². The zero-order valence-electron chi connectivity index (χ0n) is 8.45. The monoisotopic (exact) mass is 246 g/mol. The van der Waals surface area contributed by atoms with Gasteiger partial charge < -0.3 is 10.1 Å². The minimum absolute atomic E-state index is 0.619. The summed E-state index contributed by atoms with van der Waals surface area (Å²) in [4.78, 5) is 4.03. The van der Waals surface area contributed by atoms with Crippen LogP contribution in [0, 0.1) is 0 Å². The van der Waals surface area contributed by atoms with Crippen LogP contribution in [0.15, 0.2) is 18.3 Å². The number of pyridine rings is 1. The van der Waals surface area contributed by atoms with E-state index in [9.17, 15) is 0 Å². The van der Waals surface area contributed by atoms with E-state index in [2.05, 4.69) is 22.9 Å². The minimum atomic E-state index is 0.619. The van der Waals surface area contributed by atoms with Crippen LogP contribution in [0.3, 0.4) is 0 Å². The van der Waals surface area contributed by atoms with E-state index in [1.165, 1.54) is 0 Å². The molecule has 1 heterocycles. The van der Waals surface area contributed by atoms with Gasteiger partial charge in [-0.25, -0.2) is 4.98 Å². The van der Waals surface area contributed by atoms with Crippen LogP contribution in [0.1, 0.15) is 6.42 Å². The number of hydrogen-bond donors (Lipinski definition) is 2. The summed E-state index contributed by atoms with van der Waals surface area (Å²) in [5.74, 6) is 1.48. The number of halogens is 1. The minimum Gasteiger partial charge on any atom is -0.478 e. The largest absolute Gasteiger partial charge is 0.478 e. The van der Waals surface area contributed by atoms with Gasteiger partial charge in [0.2, 0.25) is 5.88 Å². The Hall–Kier alpha value is -0.450. The van der Waals surface area contributed by atoms with Gasteiger partial charge in [-0.1, -0.05) is 11.6 Å². The Kier molecular flexibility index (Phi) is 6.55. The lowest BCUT2D eigenvalue weighted by molar-refractivity contribution is 0.297. The van der Waals surface area contributed by atoms with Crippen LogP contribution < -0.4 is 10.1 Å². The Balaban J connectivity index is 2.07. The molecule has 0 aliphatic heterocycles. The first-order valence-electron chi connectivity index (χ1n) is 4.89. The molecule has 0 spiro atoms. The number of nitrogens with zero attached hydrogens (tertiary/aromatic N) is 1. The van der Waals surface area contributed by atoms with Gasteiger partial charge in [0, 0.05) is 24.6 Å². The Bertz CT molecular complexity index is 269. The molecule has 1 rings (SSSR count). The normalized spacial score (nSPS) is 10.3. The highest BCUT2D eigenvalue weighted by molar-refractivity contribution is 7.80. The van der Waals surface area contributed by atoms with E-state index in [4.69, 9.17) is 16.3 Å². The average molecular weight is 247 g/mol. The summed E-state index contributed by atoms with van der Waals surface area (Å²) >= 11 is 9.79. The van der Waals surface area contributed by atoms with Gasteiger partial charge >= 0.3 is 0 Å². The molecular weight excluding hydrogens is 232 g/mol. The van der Waals surface area contributed by atoms with Crippen molar-refractivity contribution in [3.8, 4) is 5.88 Å². The smallest absolute Gasteiger partial charge is 0.213 e. The van der Waals surface area contributed by atoms with Crippen molar-refractivity contribution < 1.29 is 4.74 Å². The van der Waals surface area contributed by atoms with Crippen LogP contribution in [-0.2, 0) is 0 Å². The Morgan fingerprint density at radius 1 is 1.40 bits per heavy atom. The van der Waals surface area contributed by atoms with Crippen LogP contribution in [0.2, 0.25) is 5.02 Å². The highest BCUT2D eigenvalue weighted by Crippen LogP contribution is 2.11. The molecule has 5 heteroatoms. The molecule has 0 saturated heterocycles. The van der Waals surface area contributed by atoms with Gasteiger partial charge in [0.1, 0.15) is 0 Å². The zero-order valence-corrected chi connectivity index (χ0v) is 10.1. The van der Waals surface area contributed by atoms with Crippen LogP contribution in [0.4, 0.5) is 0 Å². The first-order valence-corrected chi connectivity index (χ1v) is 5.90. The topological polar surface area (TPSA) is 34.1 Å². The maximum Gasteiger partial charge on any atom is 0.213 e. The lowest BCUT2D eigenvalue weighted by Crippen LogP contribution is -2.19. The van der Waals surface area contributed by atoms with Crippen LogP contribution in [0.25, 0.3) is 0 Å². The fourth-order valence-electron chi connectivity index (χ4n) is 1.03. The number of aromatic nitrogens is 1. The van der Waals surface area contributed by atoms with E-state index in [-0.39, 0.29) is 0 Å². The Morgan fingerprint density at radius 2 is 2.27 bits per heavy atom. The maximum atomic E-state index is 5.69. The SMILES string of the molecule is SCCNCCCOc1ccc(Cl)cn1. The van der Waals surface area contributed by atoms with E-state index >= 15 is 0 Å². The van der Waals surface area contributed by atoms with Gasteiger partial charge in [0.05, 0.1) is 11.6 Å². The summed E-state index contributed by atoms with van der Waals surface area (Å²) < 4.78 is 5.41. The van der Waals surface area contributed by atoms with Crippen molar-refractivity contribution in [3.05, 3.63) is 23.4 Å². The van der Waals surface area contributed by atoms with E-state index in [0.717, 1.165) is 25.3 Å². The van der Waals surface area contributed by atoms with Crippen LogP contribution >= 0.6 is 24.2 Å². The highest BCUT2D eigenvalue weighted by Gasteiger charge is 1.94. The second kappa shape index (κ2) is 7.79. The van der Waals surface area contributed by atoms with Gasteiger partial charge in [-0.15, -0.1) is 0 Å². The lowest BCUT2D eigenvalue weighted by atomic mass is 10.4. The van der Waals surface area contributed by atoms with E-state index in [1.54, 1.807) is 18.3 Å². The van der Waals surface area contributed by atoms with E-state index in [0.29, 0.717) is 17.5 Å². The van der Waals surface area contributed by atoms with Crippen molar-refractivity contribution in [1.82, 2.24) is 10.3 Å². The number of rotatable bonds is 7. The zero-order chi connectivity index (χ0) is 10.9. The second-order valence-corrected chi connectivity index (χ2v) is 3.87. The molecule has 0 saturated carbocycles. The molecule has 0 unspecified atom stereocenters. The molecule has 0 aliphatic rings. The third-order valence-electron chi connectivity index (χ3n) is 1.74. The summed E-state index contributed by atoms with van der Waals surface area (Å²) in [5.41, 5.74) is 0. The van der Waals surface area contributed by atoms with Crippen molar-refractivity contribution in [3.63, 3.8) is 0 Å². The molecule has 0 aliphatic carbocycles. The molecule has 0 amide bonds. The fraction of sp³-hybridized carbons (Fsp3) is 0.500. The lowest BCUT2D eigenvalue weighted by Gasteiger charge is -2.05. The van der Waals surface area contributed by atoms with Crippen molar-refractivity contribution in [2.75, 3.05) is 25.4 Å². The van der Waals surface area contributed by atoms with Crippen LogP contribution in [0.5, 0.6) is 5.88 Å². The molecular formula is C10H15ClN2OS. The van der Waals surface area contributed by atoms with Crippen molar-refractivity contribution >= 4 is 24.2 Å². The number of thiol groups is 1. The van der Waals surface area contributed by atoms with Gasteiger partial charge in [0.25, 0.3) is 0 Å². The van der Waals surface area contributed by atoms with E-state index < -0.39 is 0 Å². The quantitative estimate of drug-likeness (QED) is 0.571. The molecule has 0 atom stereocenters. The molecule has 0 bridgehead atoms. The molecule has 1 aromatic rings. The summed E-state index contributed by atoms with van der Waals surface area (Å²) in [6.07, 6.45) is 2.54. The van der Waals surface area contributed by atoms with Gasteiger partial charge in [-0.05, 0) is 19.0 Å². The summed E-state index contributed by atoms with van der Waals surface area (Å²) in [7, 11) is 0. The molecule has 1 N–H and O–H groups in total. The number of nitrogens with one attached hydrogen (secondary N) is 1. The molecule has 84 valence electrons. The Morgan fingerprint density at radius 3 is 2.93 bits per heavy atom. The summed E-state index contributed by atoms with van der Waals surface area (Å²) in [6, 6.07) is 3.53. The van der Waals surface area contributed by atoms with E-state index in [1.807, 2.05) is 0 Å². The fourth-order valence-corrected chi connectivity index (χ4v) is 1.30. The molecule has 0 fully saturated rings. The average Bonchev–Trinajstić information content (AvgIpc) is 2.26. The Labute approximate surface area is 101 Å². The molecule has 3 nitrogen and oxygen atoms in total. The predicted molar refractivity (Wildman–Crippen MR) is 66.1 cm³/mol. The van der Waals surface area contributed by atoms with Crippen molar-refractivity contribution in [2.45, 2.75) is 6.42 Å². The third kappa shape index (κ3) is 5.87. The molecule has 15 heavy (non-hydrogen) atoms. The van der Waals surface area contributed by atoms with Crippen LogP contribution in [-0.4, -0.2) is 30.4 Å². The van der Waals surface area contributed by atoms with Crippen molar-refractivity contribution in [2.24, 2.45) is 0 Å². The van der Waals surface area contributed by atoms with Gasteiger partial charge in [0.15, 0.2) is 0 Å².